The Morgan fingerprint density at radius 1 is 1.00 bits per heavy atom. The monoisotopic (exact) mass is 402 g/mol. The lowest BCUT2D eigenvalue weighted by molar-refractivity contribution is -0.224. The predicted molar refractivity (Wildman–Crippen MR) is 90.6 cm³/mol. The Morgan fingerprint density at radius 3 is 1.96 bits per heavy atom. The van der Waals surface area contributed by atoms with Gasteiger partial charge in [-0.05, 0) is 19.8 Å². The van der Waals surface area contributed by atoms with Crippen molar-refractivity contribution in [3.63, 3.8) is 0 Å². The molecule has 158 valence electrons. The number of hydrogen-bond donors (Lipinski definition) is 5. The maximum absolute atomic E-state index is 12.5. The maximum Gasteiger partial charge on any atom is 0.410 e. The molecule has 0 aromatic heterocycles. The summed E-state index contributed by atoms with van der Waals surface area (Å²) in [5.41, 5.74) is -0.815. The molecule has 6 atom stereocenters. The Morgan fingerprint density at radius 2 is 1.50 bits per heavy atom. The van der Waals surface area contributed by atoms with E-state index in [2.05, 4.69) is 0 Å². The van der Waals surface area contributed by atoms with E-state index in [4.69, 9.17) is 4.74 Å². The Kier molecular flexibility index (Phi) is 5.65. The van der Waals surface area contributed by atoms with E-state index < -0.39 is 48.1 Å². The number of nitrogens with zero attached hydrogens (tertiary/aromatic N) is 2. The maximum atomic E-state index is 12.5. The zero-order valence-electron chi connectivity index (χ0n) is 15.5. The molecule has 1 aliphatic carbocycles. The van der Waals surface area contributed by atoms with Crippen molar-refractivity contribution in [3.05, 3.63) is 0 Å². The fourth-order valence-electron chi connectivity index (χ4n) is 4.22. The molecular weight excluding hydrogens is 376 g/mol. The van der Waals surface area contributed by atoms with Gasteiger partial charge in [-0.2, -0.15) is 0 Å². The molecule has 0 radical (unpaired) electrons. The number of hydrogen-bond acceptors (Lipinski definition) is 9. The normalized spacial score (nSPS) is 38.2. The molecule has 3 fully saturated rings. The summed E-state index contributed by atoms with van der Waals surface area (Å²) in [5, 5.41) is 48.9. The average Bonchev–Trinajstić information content (AvgIpc) is 2.91. The third-order valence-corrected chi connectivity index (χ3v) is 6.09. The van der Waals surface area contributed by atoms with Gasteiger partial charge in [-0.3, -0.25) is 14.5 Å². The number of likely N-dealkylation sites (tertiary alicyclic amines) is 2. The predicted octanol–water partition coefficient (Wildman–Crippen LogP) is -2.83. The van der Waals surface area contributed by atoms with Crippen LogP contribution in [0.5, 0.6) is 0 Å². The molecule has 5 unspecified atom stereocenters. The van der Waals surface area contributed by atoms with Crippen molar-refractivity contribution in [2.75, 3.05) is 19.6 Å². The second-order valence-corrected chi connectivity index (χ2v) is 7.69. The standard InChI is InChI=1S/C17H26N2O9/c1-2-19-8(20)7-17(15(19)26)3-5-18(6-4-17)16(27)28-14-12(24)10(22)9(21)11(23)13(14)25/h9-14,21-25H,2-7H2,1H3/t9?,10-,11?,12?,13?,14?/m0/s1. The number of piperidine rings is 1. The van der Waals surface area contributed by atoms with E-state index in [9.17, 15) is 39.9 Å². The summed E-state index contributed by atoms with van der Waals surface area (Å²) in [7, 11) is 0. The molecule has 11 heteroatoms. The summed E-state index contributed by atoms with van der Waals surface area (Å²) >= 11 is 0. The van der Waals surface area contributed by atoms with Gasteiger partial charge in [0.05, 0.1) is 5.41 Å². The van der Waals surface area contributed by atoms with Gasteiger partial charge in [-0.15, -0.1) is 0 Å². The van der Waals surface area contributed by atoms with E-state index in [-0.39, 0.29) is 44.2 Å². The minimum absolute atomic E-state index is 0.110. The zero-order valence-corrected chi connectivity index (χ0v) is 15.5. The first-order valence-electron chi connectivity index (χ1n) is 9.33. The van der Waals surface area contributed by atoms with Crippen LogP contribution in [-0.2, 0) is 14.3 Å². The van der Waals surface area contributed by atoms with Crippen LogP contribution in [0.25, 0.3) is 0 Å². The van der Waals surface area contributed by atoms with E-state index in [0.717, 1.165) is 0 Å². The van der Waals surface area contributed by atoms with Crippen molar-refractivity contribution in [2.45, 2.75) is 62.8 Å². The highest BCUT2D eigenvalue weighted by atomic mass is 16.6. The summed E-state index contributed by atoms with van der Waals surface area (Å²) in [6, 6.07) is 0. The second kappa shape index (κ2) is 7.56. The molecule has 2 aliphatic heterocycles. The van der Waals surface area contributed by atoms with Crippen LogP contribution in [0.4, 0.5) is 4.79 Å². The number of carbonyl (C=O) groups is 3. The van der Waals surface area contributed by atoms with Crippen molar-refractivity contribution in [1.82, 2.24) is 9.80 Å². The van der Waals surface area contributed by atoms with Gasteiger partial charge in [0.1, 0.15) is 30.5 Å². The quantitative estimate of drug-likeness (QED) is 0.306. The summed E-state index contributed by atoms with van der Waals surface area (Å²) in [5.74, 6) is -0.454. The highest BCUT2D eigenvalue weighted by Crippen LogP contribution is 2.42. The Balaban J connectivity index is 1.62. The first-order chi connectivity index (χ1) is 13.1. The van der Waals surface area contributed by atoms with Crippen LogP contribution in [0.1, 0.15) is 26.2 Å². The average molecular weight is 402 g/mol. The number of imide groups is 1. The van der Waals surface area contributed by atoms with Crippen LogP contribution in [0.2, 0.25) is 0 Å². The molecule has 3 amide bonds. The van der Waals surface area contributed by atoms with Crippen molar-refractivity contribution >= 4 is 17.9 Å². The van der Waals surface area contributed by atoms with Crippen molar-refractivity contribution in [1.29, 1.82) is 0 Å². The lowest BCUT2D eigenvalue weighted by atomic mass is 9.77. The third-order valence-electron chi connectivity index (χ3n) is 6.09. The summed E-state index contributed by atoms with van der Waals surface area (Å²) in [6.07, 6.45) is -10.8. The first-order valence-corrected chi connectivity index (χ1v) is 9.33. The van der Waals surface area contributed by atoms with Gasteiger partial charge < -0.3 is 35.2 Å². The molecule has 28 heavy (non-hydrogen) atoms. The lowest BCUT2D eigenvalue weighted by Gasteiger charge is -2.42. The van der Waals surface area contributed by atoms with Crippen molar-refractivity contribution in [3.8, 4) is 0 Å². The second-order valence-electron chi connectivity index (χ2n) is 7.69. The first kappa shape index (κ1) is 20.9. The molecule has 5 N–H and O–H groups in total. The number of amides is 3. The number of aliphatic hydroxyl groups is 5. The highest BCUT2D eigenvalue weighted by molar-refractivity contribution is 6.06. The minimum Gasteiger partial charge on any atom is -0.440 e. The van der Waals surface area contributed by atoms with E-state index in [1.807, 2.05) is 0 Å². The van der Waals surface area contributed by atoms with Crippen LogP contribution >= 0.6 is 0 Å². The molecular formula is C17H26N2O9. The van der Waals surface area contributed by atoms with Gasteiger partial charge in [0.25, 0.3) is 0 Å². The molecule has 3 aliphatic rings. The number of ether oxygens (including phenoxy) is 1. The number of carbonyl (C=O) groups excluding carboxylic acids is 3. The molecule has 2 saturated heterocycles. The van der Waals surface area contributed by atoms with E-state index in [0.29, 0.717) is 6.54 Å². The van der Waals surface area contributed by atoms with Crippen LogP contribution in [-0.4, -0.2) is 109 Å². The van der Waals surface area contributed by atoms with E-state index in [1.54, 1.807) is 6.92 Å². The zero-order chi connectivity index (χ0) is 20.8. The fourth-order valence-corrected chi connectivity index (χ4v) is 4.22. The molecule has 1 spiro atoms. The van der Waals surface area contributed by atoms with Gasteiger partial charge in [-0.25, -0.2) is 4.79 Å². The summed E-state index contributed by atoms with van der Waals surface area (Å²) < 4.78 is 5.08. The minimum atomic E-state index is -1.79. The van der Waals surface area contributed by atoms with E-state index in [1.165, 1.54) is 9.80 Å². The fraction of sp³-hybridized carbons (Fsp3) is 0.824. The number of rotatable bonds is 2. The van der Waals surface area contributed by atoms with Gasteiger partial charge in [0, 0.05) is 26.1 Å². The molecule has 0 aromatic carbocycles. The molecule has 2 heterocycles. The largest absolute Gasteiger partial charge is 0.440 e. The van der Waals surface area contributed by atoms with E-state index >= 15 is 0 Å². The summed E-state index contributed by atoms with van der Waals surface area (Å²) in [6.45, 7) is 2.31. The van der Waals surface area contributed by atoms with Gasteiger partial charge in [0.2, 0.25) is 11.8 Å². The van der Waals surface area contributed by atoms with Gasteiger partial charge >= 0.3 is 6.09 Å². The smallest absolute Gasteiger partial charge is 0.410 e. The van der Waals surface area contributed by atoms with Crippen molar-refractivity contribution in [2.24, 2.45) is 5.41 Å². The SMILES string of the molecule is CCN1C(=O)CC2(CCN(C(=O)OC3C(O)C(O)C(O)[C@H](O)C3O)CC2)C1=O. The number of aliphatic hydroxyl groups excluding tert-OH is 5. The highest BCUT2D eigenvalue weighted by Gasteiger charge is 2.54. The Hall–Kier alpha value is -1.79. The lowest BCUT2D eigenvalue weighted by Crippen LogP contribution is -2.65. The Labute approximate surface area is 161 Å². The van der Waals surface area contributed by atoms with Crippen molar-refractivity contribution < 1.29 is 44.7 Å². The molecule has 3 rings (SSSR count). The molecule has 0 aromatic rings. The summed E-state index contributed by atoms with van der Waals surface area (Å²) in [4.78, 5) is 39.4. The molecule has 0 bridgehead atoms. The third kappa shape index (κ3) is 3.26. The van der Waals surface area contributed by atoms with Crippen LogP contribution in [0.15, 0.2) is 0 Å². The Bertz CT molecular complexity index is 633. The van der Waals surface area contributed by atoms with Crippen LogP contribution in [0.3, 0.4) is 0 Å². The molecule has 1 saturated carbocycles. The topological polar surface area (TPSA) is 168 Å². The molecule has 11 nitrogen and oxygen atoms in total. The van der Waals surface area contributed by atoms with Gasteiger partial charge in [0.15, 0.2) is 6.10 Å². The van der Waals surface area contributed by atoms with Crippen LogP contribution < -0.4 is 0 Å². The van der Waals surface area contributed by atoms with Gasteiger partial charge in [-0.1, -0.05) is 0 Å². The van der Waals surface area contributed by atoms with Crippen LogP contribution in [0, 0.1) is 5.41 Å².